The van der Waals surface area contributed by atoms with E-state index >= 15 is 4.39 Å². The summed E-state index contributed by atoms with van der Waals surface area (Å²) in [6, 6.07) is 6.39. The van der Waals surface area contributed by atoms with Crippen LogP contribution in [0.5, 0.6) is 0 Å². The summed E-state index contributed by atoms with van der Waals surface area (Å²) in [6.07, 6.45) is -3.06. The Morgan fingerprint density at radius 1 is 1.15 bits per heavy atom. The minimum atomic E-state index is -4.61. The molecule has 0 aliphatic carbocycles. The summed E-state index contributed by atoms with van der Waals surface area (Å²) in [4.78, 5) is 3.89. The second-order valence-corrected chi connectivity index (χ2v) is 6.26. The van der Waals surface area contributed by atoms with Gasteiger partial charge in [-0.2, -0.15) is 18.3 Å². The fourth-order valence-corrected chi connectivity index (χ4v) is 3.06. The van der Waals surface area contributed by atoms with Crippen molar-refractivity contribution in [3.63, 3.8) is 0 Å². The van der Waals surface area contributed by atoms with Crippen LogP contribution in [0.25, 0.3) is 22.2 Å². The Morgan fingerprint density at radius 2 is 1.88 bits per heavy atom. The molecule has 1 aromatic carbocycles. The van der Waals surface area contributed by atoms with Gasteiger partial charge < -0.3 is 5.73 Å². The molecule has 0 radical (unpaired) electrons. The highest BCUT2D eigenvalue weighted by Crippen LogP contribution is 2.39. The fourth-order valence-electron chi connectivity index (χ4n) is 3.06. The van der Waals surface area contributed by atoms with Crippen molar-refractivity contribution in [3.05, 3.63) is 47.3 Å². The predicted octanol–water partition coefficient (Wildman–Crippen LogP) is 4.49. The van der Waals surface area contributed by atoms with Crippen molar-refractivity contribution in [2.45, 2.75) is 32.1 Å². The zero-order valence-corrected chi connectivity index (χ0v) is 14.3. The number of nitrogens with zero attached hydrogens (tertiary/aromatic N) is 2. The molecular weight excluding hydrogens is 348 g/mol. The summed E-state index contributed by atoms with van der Waals surface area (Å²) in [5.41, 5.74) is 4.66. The number of halogens is 4. The molecule has 3 aromatic rings. The Balaban J connectivity index is 2.28. The molecule has 138 valence electrons. The number of aryl methyl sites for hydroxylation is 1. The van der Waals surface area contributed by atoms with Crippen molar-refractivity contribution in [2.75, 3.05) is 6.54 Å². The monoisotopic (exact) mass is 366 g/mol. The van der Waals surface area contributed by atoms with Crippen LogP contribution in [0.2, 0.25) is 0 Å². The van der Waals surface area contributed by atoms with Crippen LogP contribution in [-0.4, -0.2) is 21.7 Å². The Kier molecular flexibility index (Phi) is 4.47. The Bertz CT molecular complexity index is 942. The lowest BCUT2D eigenvalue weighted by Crippen LogP contribution is -2.29. The van der Waals surface area contributed by atoms with Gasteiger partial charge in [0.2, 0.25) is 0 Å². The second-order valence-electron chi connectivity index (χ2n) is 6.26. The van der Waals surface area contributed by atoms with E-state index in [9.17, 15) is 13.2 Å². The van der Waals surface area contributed by atoms with E-state index in [-0.39, 0.29) is 29.6 Å². The van der Waals surface area contributed by atoms with E-state index in [1.807, 2.05) is 5.10 Å². The number of alkyl halides is 4. The molecule has 0 saturated carbocycles. The van der Waals surface area contributed by atoms with Gasteiger partial charge in [-0.3, -0.25) is 5.10 Å². The molecule has 4 nitrogen and oxygen atoms in total. The van der Waals surface area contributed by atoms with E-state index in [4.69, 9.17) is 5.73 Å². The van der Waals surface area contributed by atoms with Crippen LogP contribution < -0.4 is 5.73 Å². The molecule has 8 heteroatoms. The van der Waals surface area contributed by atoms with Gasteiger partial charge in [0.05, 0.1) is 5.39 Å². The Labute approximate surface area is 147 Å². The van der Waals surface area contributed by atoms with Crippen molar-refractivity contribution in [1.82, 2.24) is 15.2 Å². The molecule has 0 fully saturated rings. The van der Waals surface area contributed by atoms with Gasteiger partial charge in [0.15, 0.2) is 5.65 Å². The highest BCUT2D eigenvalue weighted by atomic mass is 19.4. The third-order valence-electron chi connectivity index (χ3n) is 4.53. The maximum Gasteiger partial charge on any atom is 0.433 e. The number of rotatable bonds is 4. The molecule has 2 aromatic heterocycles. The standard InChI is InChI=1S/C18H18F4N4/c1-3-17(19,9-23)12-7-10(2)6-11(8-12)13-4-5-24-16-14(13)15(25-26-16)18(20,21)22/h4-8H,3,9,23H2,1-2H3,(H,24,25,26). The van der Waals surface area contributed by atoms with Crippen LogP contribution in [0.1, 0.15) is 30.2 Å². The quantitative estimate of drug-likeness (QED) is 0.669. The first-order chi connectivity index (χ1) is 12.2. The molecule has 3 rings (SSSR count). The lowest BCUT2D eigenvalue weighted by Gasteiger charge is -2.24. The number of aromatic nitrogens is 3. The number of benzene rings is 1. The molecule has 0 amide bonds. The molecule has 0 saturated heterocycles. The molecule has 0 aliphatic heterocycles. The number of fused-ring (bicyclic) bond motifs is 1. The lowest BCUT2D eigenvalue weighted by molar-refractivity contribution is -0.139. The number of aromatic amines is 1. The summed E-state index contributed by atoms with van der Waals surface area (Å²) in [7, 11) is 0. The predicted molar refractivity (Wildman–Crippen MR) is 91.2 cm³/mol. The molecule has 0 spiro atoms. The van der Waals surface area contributed by atoms with Crippen molar-refractivity contribution in [1.29, 1.82) is 0 Å². The van der Waals surface area contributed by atoms with E-state index in [1.54, 1.807) is 32.0 Å². The molecular formula is C18H18F4N4. The van der Waals surface area contributed by atoms with Gasteiger partial charge in [-0.05, 0) is 42.2 Å². The van der Waals surface area contributed by atoms with Gasteiger partial charge in [0.1, 0.15) is 11.4 Å². The average Bonchev–Trinajstić information content (AvgIpc) is 3.05. The van der Waals surface area contributed by atoms with E-state index in [0.717, 1.165) is 5.56 Å². The summed E-state index contributed by atoms with van der Waals surface area (Å²) in [5, 5.41) is 5.53. The smallest absolute Gasteiger partial charge is 0.327 e. The van der Waals surface area contributed by atoms with Crippen molar-refractivity contribution in [2.24, 2.45) is 5.73 Å². The van der Waals surface area contributed by atoms with Crippen molar-refractivity contribution < 1.29 is 17.6 Å². The maximum atomic E-state index is 15.0. The third-order valence-corrected chi connectivity index (χ3v) is 4.53. The fraction of sp³-hybridized carbons (Fsp3) is 0.333. The minimum Gasteiger partial charge on any atom is -0.327 e. The Hall–Kier alpha value is -2.48. The first-order valence-corrected chi connectivity index (χ1v) is 8.11. The van der Waals surface area contributed by atoms with Gasteiger partial charge in [0.25, 0.3) is 0 Å². The largest absolute Gasteiger partial charge is 0.433 e. The number of hydrogen-bond acceptors (Lipinski definition) is 3. The van der Waals surface area contributed by atoms with Gasteiger partial charge in [-0.1, -0.05) is 24.6 Å². The van der Waals surface area contributed by atoms with E-state index in [0.29, 0.717) is 11.1 Å². The van der Waals surface area contributed by atoms with E-state index in [1.165, 1.54) is 12.3 Å². The topological polar surface area (TPSA) is 67.6 Å². The molecule has 1 atom stereocenters. The molecule has 3 N–H and O–H groups in total. The van der Waals surface area contributed by atoms with Gasteiger partial charge in [-0.25, -0.2) is 9.37 Å². The minimum absolute atomic E-state index is 0.0429. The summed E-state index contributed by atoms with van der Waals surface area (Å²) in [6.45, 7) is 3.23. The van der Waals surface area contributed by atoms with Gasteiger partial charge in [-0.15, -0.1) is 0 Å². The molecule has 0 aliphatic rings. The van der Waals surface area contributed by atoms with Crippen LogP contribution in [0.3, 0.4) is 0 Å². The number of nitrogens with two attached hydrogens (primary N) is 1. The number of hydrogen-bond donors (Lipinski definition) is 2. The summed E-state index contributed by atoms with van der Waals surface area (Å²) < 4.78 is 55.0. The zero-order valence-electron chi connectivity index (χ0n) is 14.3. The molecule has 0 bridgehead atoms. The zero-order chi connectivity index (χ0) is 19.1. The first-order valence-electron chi connectivity index (χ1n) is 8.11. The van der Waals surface area contributed by atoms with Crippen LogP contribution in [-0.2, 0) is 11.8 Å². The Morgan fingerprint density at radius 3 is 2.50 bits per heavy atom. The molecule has 26 heavy (non-hydrogen) atoms. The van der Waals surface area contributed by atoms with Gasteiger partial charge >= 0.3 is 6.18 Å². The highest BCUT2D eigenvalue weighted by Gasteiger charge is 2.36. The average molecular weight is 366 g/mol. The van der Waals surface area contributed by atoms with Crippen molar-refractivity contribution >= 4 is 11.0 Å². The van der Waals surface area contributed by atoms with E-state index in [2.05, 4.69) is 10.1 Å². The lowest BCUT2D eigenvalue weighted by atomic mass is 9.88. The third kappa shape index (κ3) is 3.05. The van der Waals surface area contributed by atoms with Gasteiger partial charge in [0, 0.05) is 12.7 Å². The van der Waals surface area contributed by atoms with Crippen molar-refractivity contribution in [3.8, 4) is 11.1 Å². The highest BCUT2D eigenvalue weighted by molar-refractivity contribution is 5.95. The van der Waals surface area contributed by atoms with Crippen LogP contribution in [0, 0.1) is 6.92 Å². The van der Waals surface area contributed by atoms with E-state index < -0.39 is 17.5 Å². The second kappa shape index (κ2) is 6.35. The summed E-state index contributed by atoms with van der Waals surface area (Å²) in [5.74, 6) is 0. The SMILES string of the molecule is CCC(F)(CN)c1cc(C)cc(-c2ccnc3n[nH]c(C(F)(F)F)c23)c1. The molecule has 1 unspecified atom stereocenters. The number of H-pyrrole nitrogens is 1. The maximum absolute atomic E-state index is 15.0. The number of nitrogens with one attached hydrogen (secondary N) is 1. The normalized spacial score (nSPS) is 14.6. The summed E-state index contributed by atoms with van der Waals surface area (Å²) >= 11 is 0. The number of pyridine rings is 1. The first kappa shape index (κ1) is 18.3. The van der Waals surface area contributed by atoms with Crippen LogP contribution in [0.4, 0.5) is 17.6 Å². The van der Waals surface area contributed by atoms with Crippen LogP contribution >= 0.6 is 0 Å². The molecule has 2 heterocycles. The van der Waals surface area contributed by atoms with Crippen LogP contribution in [0.15, 0.2) is 30.5 Å².